The number of hydrogen-bond donors (Lipinski definition) is 0. The van der Waals surface area contributed by atoms with Crippen LogP contribution in [0.3, 0.4) is 0 Å². The van der Waals surface area contributed by atoms with Crippen LogP contribution in [-0.2, 0) is 9.53 Å². The summed E-state index contributed by atoms with van der Waals surface area (Å²) in [5.41, 5.74) is 1.22. The third-order valence-corrected chi connectivity index (χ3v) is 3.02. The van der Waals surface area contributed by atoms with Gasteiger partial charge in [-0.3, -0.25) is 0 Å². The van der Waals surface area contributed by atoms with Crippen molar-refractivity contribution >= 4 is 18.0 Å². The third kappa shape index (κ3) is 4.71. The van der Waals surface area contributed by atoms with Crippen LogP contribution in [0.5, 0.6) is 11.5 Å². The molecule has 0 N–H and O–H groups in total. The van der Waals surface area contributed by atoms with E-state index in [9.17, 15) is 9.59 Å². The largest absolute Gasteiger partial charge is 0.497 e. The first-order valence-electron chi connectivity index (χ1n) is 6.84. The number of ether oxygens (including phenoxy) is 3. The maximum atomic E-state index is 11.7. The molecule has 0 radical (unpaired) electrons. The molecule has 0 aliphatic rings. The maximum Gasteiger partial charge on any atom is 0.337 e. The molecule has 0 saturated carbocycles. The zero-order chi connectivity index (χ0) is 16.7. The molecule has 5 heteroatoms. The quantitative estimate of drug-likeness (QED) is 0.482. The Kier molecular flexibility index (Phi) is 5.52. The van der Waals surface area contributed by atoms with Crippen LogP contribution in [0.2, 0.25) is 0 Å². The third-order valence-electron chi connectivity index (χ3n) is 3.02. The summed E-state index contributed by atoms with van der Waals surface area (Å²) in [7, 11) is 2.89. The fraction of sp³-hybridized carbons (Fsp3) is 0.111. The first kappa shape index (κ1) is 16.3. The fourth-order valence-corrected chi connectivity index (χ4v) is 1.81. The number of rotatable bonds is 5. The smallest absolute Gasteiger partial charge is 0.337 e. The van der Waals surface area contributed by atoms with E-state index in [-0.39, 0.29) is 0 Å². The lowest BCUT2D eigenvalue weighted by molar-refractivity contribution is -0.128. The molecule has 0 heterocycles. The summed E-state index contributed by atoms with van der Waals surface area (Å²) in [6, 6.07) is 13.4. The van der Waals surface area contributed by atoms with E-state index < -0.39 is 11.9 Å². The highest BCUT2D eigenvalue weighted by molar-refractivity contribution is 5.90. The van der Waals surface area contributed by atoms with E-state index in [1.54, 1.807) is 61.7 Å². The summed E-state index contributed by atoms with van der Waals surface area (Å²) in [5.74, 6) is 0.221. The van der Waals surface area contributed by atoms with E-state index in [1.807, 2.05) is 0 Å². The summed E-state index contributed by atoms with van der Waals surface area (Å²) in [6.45, 7) is 0. The molecule has 0 bridgehead atoms. The minimum absolute atomic E-state index is 0.403. The lowest BCUT2D eigenvalue weighted by atomic mass is 10.1. The van der Waals surface area contributed by atoms with Crippen LogP contribution in [0.15, 0.2) is 54.6 Å². The SMILES string of the molecule is COC(=O)c1ccc(/C=C/C(=O)Oc2ccc(OC)cc2)cc1. The second kappa shape index (κ2) is 7.79. The standard InChI is InChI=1S/C18H16O5/c1-21-15-8-10-16(11-9-15)23-17(19)12-5-13-3-6-14(7-4-13)18(20)22-2/h3-12H,1-2H3/b12-5+. The van der Waals surface area contributed by atoms with E-state index >= 15 is 0 Å². The summed E-state index contributed by atoms with van der Waals surface area (Å²) in [4.78, 5) is 23.1. The Balaban J connectivity index is 1.96. The average Bonchev–Trinajstić information content (AvgIpc) is 2.60. The second-order valence-electron chi connectivity index (χ2n) is 4.54. The molecule has 0 aliphatic heterocycles. The topological polar surface area (TPSA) is 61.8 Å². The lowest BCUT2D eigenvalue weighted by Crippen LogP contribution is -2.03. The van der Waals surface area contributed by atoms with Gasteiger partial charge in [0.05, 0.1) is 19.8 Å². The van der Waals surface area contributed by atoms with Gasteiger partial charge in [0.1, 0.15) is 11.5 Å². The van der Waals surface area contributed by atoms with Crippen molar-refractivity contribution in [2.24, 2.45) is 0 Å². The second-order valence-corrected chi connectivity index (χ2v) is 4.54. The van der Waals surface area contributed by atoms with E-state index in [4.69, 9.17) is 9.47 Å². The highest BCUT2D eigenvalue weighted by Gasteiger charge is 2.04. The highest BCUT2D eigenvalue weighted by atomic mass is 16.5. The first-order chi connectivity index (χ1) is 11.1. The lowest BCUT2D eigenvalue weighted by Gasteiger charge is -2.03. The van der Waals surface area contributed by atoms with Gasteiger partial charge in [-0.2, -0.15) is 0 Å². The summed E-state index contributed by atoms with van der Waals surface area (Å²) < 4.78 is 14.8. The number of methoxy groups -OCH3 is 2. The van der Waals surface area contributed by atoms with Gasteiger partial charge in [-0.1, -0.05) is 12.1 Å². The van der Waals surface area contributed by atoms with E-state index in [2.05, 4.69) is 4.74 Å². The van der Waals surface area contributed by atoms with Crippen molar-refractivity contribution in [1.29, 1.82) is 0 Å². The zero-order valence-corrected chi connectivity index (χ0v) is 12.8. The van der Waals surface area contributed by atoms with Crippen LogP contribution in [0.1, 0.15) is 15.9 Å². The Bertz CT molecular complexity index is 699. The molecule has 0 spiro atoms. The molecule has 0 unspecified atom stereocenters. The summed E-state index contributed by atoms with van der Waals surface area (Å²) in [6.07, 6.45) is 2.92. The van der Waals surface area contributed by atoms with Crippen molar-refractivity contribution in [1.82, 2.24) is 0 Å². The van der Waals surface area contributed by atoms with Crippen LogP contribution < -0.4 is 9.47 Å². The van der Waals surface area contributed by atoms with Crippen LogP contribution in [0, 0.1) is 0 Å². The average molecular weight is 312 g/mol. The molecule has 2 rings (SSSR count). The van der Waals surface area contributed by atoms with Crippen LogP contribution in [0.25, 0.3) is 6.08 Å². The Morgan fingerprint density at radius 3 is 2.04 bits per heavy atom. The molecule has 0 aromatic heterocycles. The molecule has 0 aliphatic carbocycles. The van der Waals surface area contributed by atoms with Gasteiger partial charge in [-0.05, 0) is 48.0 Å². The van der Waals surface area contributed by atoms with Crippen molar-refractivity contribution in [2.75, 3.05) is 14.2 Å². The van der Waals surface area contributed by atoms with Gasteiger partial charge in [0.15, 0.2) is 0 Å². The number of benzene rings is 2. The van der Waals surface area contributed by atoms with Gasteiger partial charge in [-0.25, -0.2) is 9.59 Å². The van der Waals surface area contributed by atoms with E-state index in [1.165, 1.54) is 13.2 Å². The molecular weight excluding hydrogens is 296 g/mol. The normalized spacial score (nSPS) is 10.3. The van der Waals surface area contributed by atoms with Gasteiger partial charge in [0.2, 0.25) is 0 Å². The molecule has 5 nitrogen and oxygen atoms in total. The minimum atomic E-state index is -0.493. The minimum Gasteiger partial charge on any atom is -0.497 e. The first-order valence-corrected chi connectivity index (χ1v) is 6.84. The van der Waals surface area contributed by atoms with Gasteiger partial charge in [0, 0.05) is 6.08 Å². The Morgan fingerprint density at radius 1 is 0.870 bits per heavy atom. The molecular formula is C18H16O5. The summed E-state index contributed by atoms with van der Waals surface area (Å²) in [5, 5.41) is 0. The zero-order valence-electron chi connectivity index (χ0n) is 12.8. The Morgan fingerprint density at radius 2 is 1.48 bits per heavy atom. The monoisotopic (exact) mass is 312 g/mol. The number of esters is 2. The van der Waals surface area contributed by atoms with E-state index in [0.29, 0.717) is 17.1 Å². The van der Waals surface area contributed by atoms with Crippen molar-refractivity contribution in [3.8, 4) is 11.5 Å². The van der Waals surface area contributed by atoms with Crippen molar-refractivity contribution < 1.29 is 23.8 Å². The van der Waals surface area contributed by atoms with Crippen LogP contribution in [0.4, 0.5) is 0 Å². The molecule has 2 aromatic rings. The van der Waals surface area contributed by atoms with Gasteiger partial charge in [-0.15, -0.1) is 0 Å². The van der Waals surface area contributed by atoms with E-state index in [0.717, 1.165) is 5.56 Å². The molecule has 0 amide bonds. The maximum absolute atomic E-state index is 11.7. The molecule has 0 atom stereocenters. The van der Waals surface area contributed by atoms with Crippen molar-refractivity contribution in [3.05, 3.63) is 65.7 Å². The molecule has 118 valence electrons. The Hall–Kier alpha value is -3.08. The predicted octanol–water partition coefficient (Wildman–Crippen LogP) is 3.10. The number of carbonyl (C=O) groups is 2. The van der Waals surface area contributed by atoms with Crippen LogP contribution >= 0.6 is 0 Å². The molecule has 2 aromatic carbocycles. The van der Waals surface area contributed by atoms with Gasteiger partial charge < -0.3 is 14.2 Å². The molecule has 23 heavy (non-hydrogen) atoms. The predicted molar refractivity (Wildman–Crippen MR) is 85.4 cm³/mol. The molecule has 0 fully saturated rings. The fourth-order valence-electron chi connectivity index (χ4n) is 1.81. The van der Waals surface area contributed by atoms with Crippen molar-refractivity contribution in [3.63, 3.8) is 0 Å². The van der Waals surface area contributed by atoms with Gasteiger partial charge >= 0.3 is 11.9 Å². The number of carbonyl (C=O) groups excluding carboxylic acids is 2. The van der Waals surface area contributed by atoms with Gasteiger partial charge in [0.25, 0.3) is 0 Å². The summed E-state index contributed by atoms with van der Waals surface area (Å²) >= 11 is 0. The molecule has 0 saturated heterocycles. The number of hydrogen-bond acceptors (Lipinski definition) is 5. The highest BCUT2D eigenvalue weighted by Crippen LogP contribution is 2.17. The van der Waals surface area contributed by atoms with Crippen LogP contribution in [-0.4, -0.2) is 26.2 Å². The Labute approximate surface area is 134 Å². The van der Waals surface area contributed by atoms with Crippen molar-refractivity contribution in [2.45, 2.75) is 0 Å².